The molecule has 0 aliphatic carbocycles. The number of rotatable bonds is 1. The first-order valence-corrected chi connectivity index (χ1v) is 3.31. The van der Waals surface area contributed by atoms with Crippen LogP contribution in [0.5, 0.6) is 5.75 Å². The van der Waals surface area contributed by atoms with Crippen molar-refractivity contribution in [3.05, 3.63) is 24.3 Å². The highest BCUT2D eigenvalue weighted by Crippen LogP contribution is 2.19. The van der Waals surface area contributed by atoms with Gasteiger partial charge in [-0.15, -0.1) is 12.6 Å². The average molecular weight is 174 g/mol. The van der Waals surface area contributed by atoms with E-state index in [0.717, 1.165) is 10.6 Å². The van der Waals surface area contributed by atoms with Crippen LogP contribution >= 0.6 is 12.6 Å². The molecule has 0 bridgehead atoms. The van der Waals surface area contributed by atoms with Crippen LogP contribution in [0, 0.1) is 0 Å². The molecule has 1 aromatic carbocycles. The Kier molecular flexibility index (Phi) is 5.64. The third kappa shape index (κ3) is 3.27. The van der Waals surface area contributed by atoms with Crippen LogP contribution in [0.2, 0.25) is 0 Å². The molecule has 0 unspecified atom stereocenters. The molecule has 0 aliphatic rings. The Hall–Kier alpha value is -0.710. The first-order chi connectivity index (χ1) is 5.34. The van der Waals surface area contributed by atoms with Gasteiger partial charge in [-0.2, -0.15) is 0 Å². The zero-order valence-corrected chi connectivity index (χ0v) is 6.95. The van der Waals surface area contributed by atoms with Gasteiger partial charge in [-0.05, 0) is 12.1 Å². The molecule has 0 atom stereocenters. The SMILES string of the molecule is COc1ccccc1S.OO. The number of hydrogen-bond acceptors (Lipinski definition) is 4. The molecule has 0 aromatic heterocycles. The Morgan fingerprint density at radius 1 is 1.27 bits per heavy atom. The van der Waals surface area contributed by atoms with E-state index in [0.29, 0.717) is 0 Å². The lowest BCUT2D eigenvalue weighted by atomic mass is 10.3. The molecule has 2 N–H and O–H groups in total. The van der Waals surface area contributed by atoms with Gasteiger partial charge in [0.15, 0.2) is 0 Å². The van der Waals surface area contributed by atoms with E-state index in [2.05, 4.69) is 12.6 Å². The predicted molar refractivity (Wildman–Crippen MR) is 45.5 cm³/mol. The summed E-state index contributed by atoms with van der Waals surface area (Å²) in [5.74, 6) is 0.820. The van der Waals surface area contributed by atoms with Crippen LogP contribution in [-0.4, -0.2) is 17.6 Å². The van der Waals surface area contributed by atoms with Gasteiger partial charge in [-0.25, -0.2) is 0 Å². The van der Waals surface area contributed by atoms with Gasteiger partial charge in [-0.3, -0.25) is 10.5 Å². The van der Waals surface area contributed by atoms with Crippen molar-refractivity contribution in [3.8, 4) is 5.75 Å². The van der Waals surface area contributed by atoms with Crippen LogP contribution in [0.4, 0.5) is 0 Å². The highest BCUT2D eigenvalue weighted by Gasteiger charge is 1.91. The van der Waals surface area contributed by atoms with E-state index in [1.807, 2.05) is 24.3 Å². The average Bonchev–Trinajstić information content (AvgIpc) is 2.09. The molecule has 0 saturated carbocycles. The van der Waals surface area contributed by atoms with Crippen LogP contribution in [-0.2, 0) is 0 Å². The van der Waals surface area contributed by atoms with Gasteiger partial charge in [-0.1, -0.05) is 12.1 Å². The molecule has 62 valence electrons. The fraction of sp³-hybridized carbons (Fsp3) is 0.143. The molecule has 0 saturated heterocycles. The van der Waals surface area contributed by atoms with E-state index in [9.17, 15) is 0 Å². The van der Waals surface area contributed by atoms with Gasteiger partial charge < -0.3 is 4.74 Å². The van der Waals surface area contributed by atoms with Gasteiger partial charge in [0.1, 0.15) is 5.75 Å². The minimum Gasteiger partial charge on any atom is -0.496 e. The molecule has 0 heterocycles. The minimum absolute atomic E-state index is 0.820. The van der Waals surface area contributed by atoms with Crippen molar-refractivity contribution in [2.24, 2.45) is 0 Å². The summed E-state index contributed by atoms with van der Waals surface area (Å²) in [6, 6.07) is 7.60. The van der Waals surface area contributed by atoms with Crippen molar-refractivity contribution >= 4 is 12.6 Å². The van der Waals surface area contributed by atoms with E-state index in [4.69, 9.17) is 15.3 Å². The molecule has 0 spiro atoms. The van der Waals surface area contributed by atoms with Crippen LogP contribution in [0.15, 0.2) is 29.2 Å². The minimum atomic E-state index is 0.820. The maximum Gasteiger partial charge on any atom is 0.132 e. The molecule has 4 heteroatoms. The molecule has 0 aliphatic heterocycles. The highest BCUT2D eigenvalue weighted by molar-refractivity contribution is 7.80. The number of para-hydroxylation sites is 1. The number of benzene rings is 1. The van der Waals surface area contributed by atoms with Gasteiger partial charge >= 0.3 is 0 Å². The smallest absolute Gasteiger partial charge is 0.132 e. The Morgan fingerprint density at radius 2 is 1.82 bits per heavy atom. The van der Waals surface area contributed by atoms with Crippen LogP contribution < -0.4 is 4.74 Å². The highest BCUT2D eigenvalue weighted by atomic mass is 32.1. The summed E-state index contributed by atoms with van der Waals surface area (Å²) >= 11 is 4.15. The Labute approximate surface area is 70.6 Å². The third-order valence-electron chi connectivity index (χ3n) is 1.09. The first kappa shape index (κ1) is 10.3. The van der Waals surface area contributed by atoms with Crippen molar-refractivity contribution < 1.29 is 15.3 Å². The molecule has 1 rings (SSSR count). The second-order valence-electron chi connectivity index (χ2n) is 1.67. The van der Waals surface area contributed by atoms with Gasteiger partial charge in [0.25, 0.3) is 0 Å². The second-order valence-corrected chi connectivity index (χ2v) is 2.15. The molecular formula is C7H10O3S. The van der Waals surface area contributed by atoms with Crippen LogP contribution in [0.3, 0.4) is 0 Å². The lowest BCUT2D eigenvalue weighted by Gasteiger charge is -1.99. The molecule has 0 radical (unpaired) electrons. The summed E-state index contributed by atoms with van der Waals surface area (Å²) in [5, 5.41) is 12.0. The Morgan fingerprint density at radius 3 is 2.18 bits per heavy atom. The summed E-state index contributed by atoms with van der Waals surface area (Å²) in [6.07, 6.45) is 0. The van der Waals surface area contributed by atoms with E-state index in [1.54, 1.807) is 7.11 Å². The van der Waals surface area contributed by atoms with E-state index in [-0.39, 0.29) is 0 Å². The van der Waals surface area contributed by atoms with Crippen molar-refractivity contribution in [2.45, 2.75) is 4.90 Å². The summed E-state index contributed by atoms with van der Waals surface area (Å²) in [4.78, 5) is 0.875. The van der Waals surface area contributed by atoms with Gasteiger partial charge in [0.2, 0.25) is 0 Å². The first-order valence-electron chi connectivity index (χ1n) is 2.86. The van der Waals surface area contributed by atoms with Crippen LogP contribution in [0.25, 0.3) is 0 Å². The van der Waals surface area contributed by atoms with E-state index in [1.165, 1.54) is 0 Å². The largest absolute Gasteiger partial charge is 0.496 e. The van der Waals surface area contributed by atoms with Crippen molar-refractivity contribution in [1.82, 2.24) is 0 Å². The number of thiol groups is 1. The monoisotopic (exact) mass is 174 g/mol. The van der Waals surface area contributed by atoms with Gasteiger partial charge in [0, 0.05) is 4.90 Å². The van der Waals surface area contributed by atoms with Gasteiger partial charge in [0.05, 0.1) is 7.11 Å². The molecule has 0 fully saturated rings. The fourth-order valence-electron chi connectivity index (χ4n) is 0.630. The summed E-state index contributed by atoms with van der Waals surface area (Å²) in [6.45, 7) is 0. The number of hydrogen-bond donors (Lipinski definition) is 3. The molecular weight excluding hydrogens is 164 g/mol. The van der Waals surface area contributed by atoms with Crippen molar-refractivity contribution in [3.63, 3.8) is 0 Å². The Bertz CT molecular complexity index is 203. The van der Waals surface area contributed by atoms with Crippen molar-refractivity contribution in [2.75, 3.05) is 7.11 Å². The zero-order chi connectivity index (χ0) is 8.69. The van der Waals surface area contributed by atoms with Crippen LogP contribution in [0.1, 0.15) is 0 Å². The third-order valence-corrected chi connectivity index (χ3v) is 1.45. The van der Waals surface area contributed by atoms with Crippen molar-refractivity contribution in [1.29, 1.82) is 0 Å². The number of methoxy groups -OCH3 is 1. The predicted octanol–water partition coefficient (Wildman–Crippen LogP) is 2.00. The zero-order valence-electron chi connectivity index (χ0n) is 6.06. The maximum atomic E-state index is 6.00. The molecule has 1 aromatic rings. The standard InChI is InChI=1S/C7H8OS.H2O2/c1-8-6-4-2-3-5-7(6)9;1-2/h2-5,9H,1H3;1-2H. The number of ether oxygens (including phenoxy) is 1. The summed E-state index contributed by atoms with van der Waals surface area (Å²) in [7, 11) is 1.63. The lowest BCUT2D eigenvalue weighted by molar-refractivity contribution is -0.176. The Balaban J connectivity index is 0.000000461. The quantitative estimate of drug-likeness (QED) is 0.347. The normalized spacial score (nSPS) is 8.00. The lowest BCUT2D eigenvalue weighted by Crippen LogP contribution is -1.81. The van der Waals surface area contributed by atoms with E-state index >= 15 is 0 Å². The fourth-order valence-corrected chi connectivity index (χ4v) is 0.882. The second kappa shape index (κ2) is 6.03. The molecule has 0 amide bonds. The molecule has 3 nitrogen and oxygen atoms in total. The van der Waals surface area contributed by atoms with E-state index < -0.39 is 0 Å². The maximum absolute atomic E-state index is 6.00. The topological polar surface area (TPSA) is 49.7 Å². The summed E-state index contributed by atoms with van der Waals surface area (Å²) < 4.78 is 4.97. The molecule has 11 heavy (non-hydrogen) atoms. The summed E-state index contributed by atoms with van der Waals surface area (Å²) in [5.41, 5.74) is 0.